The number of alkyl halides is 3. The predicted molar refractivity (Wildman–Crippen MR) is 98.8 cm³/mol. The van der Waals surface area contributed by atoms with Crippen LogP contribution in [0.4, 0.5) is 13.2 Å². The topological polar surface area (TPSA) is 125 Å². The number of rotatable bonds is 6. The van der Waals surface area contributed by atoms with Crippen LogP contribution in [-0.2, 0) is 34.5 Å². The van der Waals surface area contributed by atoms with Crippen molar-refractivity contribution >= 4 is 15.9 Å². The average molecular weight is 442 g/mol. The number of aromatic nitrogens is 4. The summed E-state index contributed by atoms with van der Waals surface area (Å²) in [5, 5.41) is 7.71. The smallest absolute Gasteiger partial charge is 0.320 e. The van der Waals surface area contributed by atoms with E-state index >= 15 is 0 Å². The second-order valence-electron chi connectivity index (χ2n) is 6.47. The van der Waals surface area contributed by atoms with Crippen LogP contribution in [0.15, 0.2) is 53.9 Å². The minimum absolute atomic E-state index is 0.00544. The number of halogens is 3. The maximum atomic E-state index is 12.9. The lowest BCUT2D eigenvalue weighted by Crippen LogP contribution is -2.44. The molecule has 0 radical (unpaired) electrons. The summed E-state index contributed by atoms with van der Waals surface area (Å²) in [7, 11) is -2.64. The summed E-state index contributed by atoms with van der Waals surface area (Å²) < 4.78 is 67.8. The maximum absolute atomic E-state index is 12.9. The van der Waals surface area contributed by atoms with Crippen molar-refractivity contribution in [1.82, 2.24) is 24.3 Å². The number of aryl methyl sites for hydroxylation is 1. The maximum Gasteiger partial charge on any atom is 0.416 e. The summed E-state index contributed by atoms with van der Waals surface area (Å²) in [5.74, 6) is -0.939. The molecule has 30 heavy (non-hydrogen) atoms. The molecule has 2 heterocycles. The summed E-state index contributed by atoms with van der Waals surface area (Å²) in [6, 6.07) is 3.07. The highest BCUT2D eigenvalue weighted by Gasteiger charge is 2.31. The standard InChI is InChI=1S/C17H17F3N6O3S/c1-25-9-11(7-22-25)5-15(21)16(27)24-30(28,29)14-8-23-26(10-14)13-4-2-3-12(6-13)17(18,19)20/h2-4,6-10,15H,5,21H2,1H3,(H,24,27). The Bertz CT molecular complexity index is 1170. The van der Waals surface area contributed by atoms with Crippen LogP contribution >= 0.6 is 0 Å². The van der Waals surface area contributed by atoms with Gasteiger partial charge in [-0.3, -0.25) is 9.48 Å². The zero-order valence-electron chi connectivity index (χ0n) is 15.5. The van der Waals surface area contributed by atoms with Crippen molar-refractivity contribution in [1.29, 1.82) is 0 Å². The minimum atomic E-state index is -4.56. The Morgan fingerprint density at radius 2 is 1.97 bits per heavy atom. The quantitative estimate of drug-likeness (QED) is 0.587. The average Bonchev–Trinajstić information content (AvgIpc) is 3.30. The number of carbonyl (C=O) groups excluding carboxylic acids is 1. The van der Waals surface area contributed by atoms with Gasteiger partial charge in [-0.1, -0.05) is 6.07 Å². The van der Waals surface area contributed by atoms with Crippen LogP contribution in [0.25, 0.3) is 5.69 Å². The Balaban J connectivity index is 1.74. The van der Waals surface area contributed by atoms with Crippen molar-refractivity contribution in [2.75, 3.05) is 0 Å². The second-order valence-corrected chi connectivity index (χ2v) is 8.15. The Morgan fingerprint density at radius 3 is 2.60 bits per heavy atom. The number of hydrogen-bond donors (Lipinski definition) is 2. The molecule has 9 nitrogen and oxygen atoms in total. The Hall–Kier alpha value is -3.19. The van der Waals surface area contributed by atoms with Gasteiger partial charge in [-0.2, -0.15) is 23.4 Å². The van der Waals surface area contributed by atoms with Gasteiger partial charge in [0.2, 0.25) is 0 Å². The first-order valence-corrected chi connectivity index (χ1v) is 9.96. The van der Waals surface area contributed by atoms with Gasteiger partial charge in [0.1, 0.15) is 4.90 Å². The molecule has 3 aromatic rings. The van der Waals surface area contributed by atoms with Crippen molar-refractivity contribution in [2.45, 2.75) is 23.5 Å². The highest BCUT2D eigenvalue weighted by atomic mass is 32.2. The van der Waals surface area contributed by atoms with Crippen molar-refractivity contribution in [3.8, 4) is 5.69 Å². The second kappa shape index (κ2) is 7.91. The number of sulfonamides is 1. The molecule has 2 aromatic heterocycles. The van der Waals surface area contributed by atoms with Crippen LogP contribution in [0.1, 0.15) is 11.1 Å². The van der Waals surface area contributed by atoms with Crippen molar-refractivity contribution in [3.63, 3.8) is 0 Å². The molecule has 0 aliphatic heterocycles. The molecule has 0 aliphatic carbocycles. The number of carbonyl (C=O) groups is 1. The van der Waals surface area contributed by atoms with Gasteiger partial charge in [-0.15, -0.1) is 0 Å². The Morgan fingerprint density at radius 1 is 1.23 bits per heavy atom. The van der Waals surface area contributed by atoms with E-state index in [4.69, 9.17) is 5.73 Å². The lowest BCUT2D eigenvalue weighted by molar-refractivity contribution is -0.137. The fourth-order valence-corrected chi connectivity index (χ4v) is 3.56. The number of nitrogens with two attached hydrogens (primary N) is 1. The molecule has 0 bridgehead atoms. The number of hydrogen-bond acceptors (Lipinski definition) is 6. The van der Waals surface area contributed by atoms with E-state index in [1.54, 1.807) is 13.2 Å². The van der Waals surface area contributed by atoms with Crippen LogP contribution < -0.4 is 10.5 Å². The van der Waals surface area contributed by atoms with Gasteiger partial charge >= 0.3 is 6.18 Å². The number of nitrogens with zero attached hydrogens (tertiary/aromatic N) is 4. The number of nitrogens with one attached hydrogen (secondary N) is 1. The molecule has 1 unspecified atom stereocenters. The molecule has 3 rings (SSSR count). The molecule has 3 N–H and O–H groups in total. The predicted octanol–water partition coefficient (Wildman–Crippen LogP) is 1.000. The minimum Gasteiger partial charge on any atom is -0.320 e. The van der Waals surface area contributed by atoms with Crippen molar-refractivity contribution in [3.05, 3.63) is 60.2 Å². The van der Waals surface area contributed by atoms with Crippen LogP contribution in [0, 0.1) is 0 Å². The van der Waals surface area contributed by atoms with Gasteiger partial charge in [0.15, 0.2) is 0 Å². The van der Waals surface area contributed by atoms with Gasteiger partial charge in [0.05, 0.1) is 35.9 Å². The first kappa shape index (κ1) is 21.5. The van der Waals surface area contributed by atoms with E-state index in [1.165, 1.54) is 23.0 Å². The van der Waals surface area contributed by atoms with Gasteiger partial charge < -0.3 is 5.73 Å². The van der Waals surface area contributed by atoms with Crippen molar-refractivity contribution in [2.24, 2.45) is 12.8 Å². The molecule has 0 aliphatic rings. The molecule has 0 fully saturated rings. The first-order valence-electron chi connectivity index (χ1n) is 8.48. The summed E-state index contributed by atoms with van der Waals surface area (Å²) in [6.07, 6.45) is 0.566. The fraction of sp³-hybridized carbons (Fsp3) is 0.235. The summed E-state index contributed by atoms with van der Waals surface area (Å²) in [5.41, 5.74) is 5.50. The fourth-order valence-electron chi connectivity index (χ4n) is 2.60. The zero-order chi connectivity index (χ0) is 22.1. The summed E-state index contributed by atoms with van der Waals surface area (Å²) in [6.45, 7) is 0. The Kier molecular flexibility index (Phi) is 5.67. The lowest BCUT2D eigenvalue weighted by atomic mass is 10.1. The number of amides is 1. The van der Waals surface area contributed by atoms with E-state index in [0.29, 0.717) is 5.56 Å². The number of benzene rings is 1. The highest BCUT2D eigenvalue weighted by Crippen LogP contribution is 2.30. The lowest BCUT2D eigenvalue weighted by Gasteiger charge is -2.11. The third kappa shape index (κ3) is 4.86. The zero-order valence-corrected chi connectivity index (χ0v) is 16.4. The Labute approximate surface area is 169 Å². The molecule has 1 atom stereocenters. The molecule has 1 aromatic carbocycles. The van der Waals surface area contributed by atoms with E-state index < -0.39 is 38.6 Å². The molecular weight excluding hydrogens is 425 g/mol. The summed E-state index contributed by atoms with van der Waals surface area (Å²) in [4.78, 5) is 11.8. The van der Waals surface area contributed by atoms with Crippen LogP contribution in [-0.4, -0.2) is 39.9 Å². The summed E-state index contributed by atoms with van der Waals surface area (Å²) >= 11 is 0. The van der Waals surface area contributed by atoms with Gasteiger partial charge in [0, 0.05) is 13.2 Å². The highest BCUT2D eigenvalue weighted by molar-refractivity contribution is 7.90. The van der Waals surface area contributed by atoms with Gasteiger partial charge in [-0.05, 0) is 30.2 Å². The van der Waals surface area contributed by atoms with E-state index in [9.17, 15) is 26.4 Å². The SMILES string of the molecule is Cn1cc(CC(N)C(=O)NS(=O)(=O)c2cnn(-c3cccc(C(F)(F)F)c3)c2)cn1. The monoisotopic (exact) mass is 442 g/mol. The molecule has 0 saturated carbocycles. The van der Waals surface area contributed by atoms with Crippen LogP contribution in [0.5, 0.6) is 0 Å². The molecule has 1 amide bonds. The first-order chi connectivity index (χ1) is 14.0. The van der Waals surface area contributed by atoms with Gasteiger partial charge in [0.25, 0.3) is 15.9 Å². The molecule has 13 heteroatoms. The van der Waals surface area contributed by atoms with E-state index in [-0.39, 0.29) is 12.1 Å². The van der Waals surface area contributed by atoms with Gasteiger partial charge in [-0.25, -0.2) is 17.8 Å². The normalized spacial score (nSPS) is 13.2. The van der Waals surface area contributed by atoms with E-state index in [2.05, 4.69) is 10.2 Å². The van der Waals surface area contributed by atoms with E-state index in [1.807, 2.05) is 4.72 Å². The third-order valence-electron chi connectivity index (χ3n) is 4.09. The molecule has 0 spiro atoms. The molecule has 160 valence electrons. The van der Waals surface area contributed by atoms with E-state index in [0.717, 1.165) is 29.2 Å². The molecular formula is C17H17F3N6O3S. The largest absolute Gasteiger partial charge is 0.416 e. The van der Waals surface area contributed by atoms with Crippen molar-refractivity contribution < 1.29 is 26.4 Å². The van der Waals surface area contributed by atoms with Crippen LogP contribution in [0.3, 0.4) is 0 Å². The third-order valence-corrected chi connectivity index (χ3v) is 5.39. The molecule has 0 saturated heterocycles. The van der Waals surface area contributed by atoms with Crippen LogP contribution in [0.2, 0.25) is 0 Å².